The van der Waals surface area contributed by atoms with Crippen molar-refractivity contribution in [1.29, 1.82) is 0 Å². The Kier molecular flexibility index (Phi) is 4.10. The summed E-state index contributed by atoms with van der Waals surface area (Å²) in [7, 11) is 0. The fourth-order valence-electron chi connectivity index (χ4n) is 2.77. The molecule has 1 N–H and O–H groups in total. The van der Waals surface area contributed by atoms with Gasteiger partial charge in [0.05, 0.1) is 12.7 Å². The normalized spacial score (nSPS) is 29.5. The first-order valence-corrected chi connectivity index (χ1v) is 7.16. The van der Waals surface area contributed by atoms with Gasteiger partial charge >= 0.3 is 0 Å². The van der Waals surface area contributed by atoms with E-state index in [1.165, 1.54) is 19.3 Å². The molecule has 1 aromatic heterocycles. The van der Waals surface area contributed by atoms with Gasteiger partial charge in [0, 0.05) is 26.2 Å². The highest BCUT2D eigenvalue weighted by Gasteiger charge is 2.27. The van der Waals surface area contributed by atoms with Crippen LogP contribution in [-0.4, -0.2) is 59.0 Å². The van der Waals surface area contributed by atoms with Gasteiger partial charge in [0.25, 0.3) is 0 Å². The molecule has 2 unspecified atom stereocenters. The van der Waals surface area contributed by atoms with E-state index in [0.29, 0.717) is 6.10 Å². The van der Waals surface area contributed by atoms with Gasteiger partial charge in [-0.2, -0.15) is 5.10 Å². The first kappa shape index (κ1) is 13.0. The number of aromatic amines is 1. The van der Waals surface area contributed by atoms with Crippen LogP contribution in [0.5, 0.6) is 0 Å². The van der Waals surface area contributed by atoms with Crippen LogP contribution in [0, 0.1) is 6.92 Å². The minimum absolute atomic E-state index is 0.0118. The second-order valence-electron chi connectivity index (χ2n) is 5.39. The standard InChI is InChI=1S/C13H22N4O2/c1-10-14-13(16-15-10)12-9-17(5-7-19-12)8-11-4-2-3-6-18-11/h11-12H,2-9H2,1H3,(H,14,15,16). The van der Waals surface area contributed by atoms with E-state index in [4.69, 9.17) is 9.47 Å². The molecular formula is C13H22N4O2. The zero-order valence-corrected chi connectivity index (χ0v) is 11.5. The lowest BCUT2D eigenvalue weighted by atomic mass is 10.1. The Hall–Kier alpha value is -0.980. The number of nitrogens with zero attached hydrogens (tertiary/aromatic N) is 3. The van der Waals surface area contributed by atoms with Crippen molar-refractivity contribution in [3.05, 3.63) is 11.6 Å². The first-order chi connectivity index (χ1) is 9.31. The van der Waals surface area contributed by atoms with Gasteiger partial charge in [0.2, 0.25) is 0 Å². The molecule has 0 saturated carbocycles. The smallest absolute Gasteiger partial charge is 0.180 e. The summed E-state index contributed by atoms with van der Waals surface area (Å²) >= 11 is 0. The lowest BCUT2D eigenvalue weighted by Gasteiger charge is -2.35. The zero-order valence-electron chi connectivity index (χ0n) is 11.5. The molecule has 2 aliphatic heterocycles. The van der Waals surface area contributed by atoms with Crippen LogP contribution >= 0.6 is 0 Å². The van der Waals surface area contributed by atoms with Gasteiger partial charge in [-0.3, -0.25) is 10.00 Å². The highest BCUT2D eigenvalue weighted by atomic mass is 16.5. The first-order valence-electron chi connectivity index (χ1n) is 7.16. The monoisotopic (exact) mass is 266 g/mol. The fourth-order valence-corrected chi connectivity index (χ4v) is 2.77. The molecule has 3 heterocycles. The van der Waals surface area contributed by atoms with Gasteiger partial charge in [-0.05, 0) is 26.2 Å². The molecule has 2 atom stereocenters. The number of aromatic nitrogens is 3. The van der Waals surface area contributed by atoms with E-state index in [2.05, 4.69) is 20.1 Å². The Bertz CT molecular complexity index is 403. The van der Waals surface area contributed by atoms with Crippen molar-refractivity contribution in [3.63, 3.8) is 0 Å². The summed E-state index contributed by atoms with van der Waals surface area (Å²) in [5.41, 5.74) is 0. The fraction of sp³-hybridized carbons (Fsp3) is 0.846. The third kappa shape index (κ3) is 3.32. The van der Waals surface area contributed by atoms with Crippen molar-refractivity contribution in [2.24, 2.45) is 0 Å². The average Bonchev–Trinajstić information content (AvgIpc) is 2.87. The lowest BCUT2D eigenvalue weighted by Crippen LogP contribution is -2.43. The number of morpholine rings is 1. The zero-order chi connectivity index (χ0) is 13.1. The number of hydrogen-bond acceptors (Lipinski definition) is 5. The highest BCUT2D eigenvalue weighted by molar-refractivity contribution is 4.95. The van der Waals surface area contributed by atoms with Crippen LogP contribution in [0.15, 0.2) is 0 Å². The molecule has 1 aromatic rings. The van der Waals surface area contributed by atoms with E-state index < -0.39 is 0 Å². The summed E-state index contributed by atoms with van der Waals surface area (Å²) in [6.45, 7) is 6.40. The van der Waals surface area contributed by atoms with Crippen LogP contribution in [0.25, 0.3) is 0 Å². The molecule has 0 bridgehead atoms. The molecule has 3 rings (SSSR count). The quantitative estimate of drug-likeness (QED) is 0.886. The molecule has 2 fully saturated rings. The van der Waals surface area contributed by atoms with Gasteiger partial charge in [-0.1, -0.05) is 0 Å². The Morgan fingerprint density at radius 3 is 3.00 bits per heavy atom. The molecule has 106 valence electrons. The summed E-state index contributed by atoms with van der Waals surface area (Å²) in [6.07, 6.45) is 4.06. The topological polar surface area (TPSA) is 63.3 Å². The maximum absolute atomic E-state index is 5.81. The molecule has 0 radical (unpaired) electrons. The molecule has 2 saturated heterocycles. The molecule has 0 spiro atoms. The summed E-state index contributed by atoms with van der Waals surface area (Å²) in [5, 5.41) is 7.08. The van der Waals surface area contributed by atoms with Crippen molar-refractivity contribution in [2.75, 3.05) is 32.8 Å². The van der Waals surface area contributed by atoms with Crippen LogP contribution in [-0.2, 0) is 9.47 Å². The van der Waals surface area contributed by atoms with E-state index in [0.717, 1.165) is 44.5 Å². The van der Waals surface area contributed by atoms with Crippen LogP contribution < -0.4 is 0 Å². The summed E-state index contributed by atoms with van der Waals surface area (Å²) < 4.78 is 11.6. The van der Waals surface area contributed by atoms with Crippen molar-refractivity contribution in [2.45, 2.75) is 38.4 Å². The van der Waals surface area contributed by atoms with Crippen LogP contribution in [0.4, 0.5) is 0 Å². The van der Waals surface area contributed by atoms with E-state index >= 15 is 0 Å². The van der Waals surface area contributed by atoms with Gasteiger partial charge in [0.1, 0.15) is 11.9 Å². The SMILES string of the molecule is Cc1nc(C2CN(CC3CCCCO3)CCO2)n[nH]1. The number of H-pyrrole nitrogens is 1. The number of ether oxygens (including phenoxy) is 2. The van der Waals surface area contributed by atoms with Crippen molar-refractivity contribution in [3.8, 4) is 0 Å². The van der Waals surface area contributed by atoms with Crippen LogP contribution in [0.1, 0.15) is 37.0 Å². The van der Waals surface area contributed by atoms with Crippen LogP contribution in [0.2, 0.25) is 0 Å². The molecule has 0 aliphatic carbocycles. The minimum atomic E-state index is -0.0118. The molecule has 19 heavy (non-hydrogen) atoms. The number of hydrogen-bond donors (Lipinski definition) is 1. The Morgan fingerprint density at radius 2 is 2.26 bits per heavy atom. The largest absolute Gasteiger partial charge is 0.377 e. The third-order valence-corrected chi connectivity index (χ3v) is 3.79. The van der Waals surface area contributed by atoms with E-state index in [9.17, 15) is 0 Å². The predicted molar refractivity (Wildman–Crippen MR) is 69.8 cm³/mol. The van der Waals surface area contributed by atoms with Gasteiger partial charge in [-0.15, -0.1) is 0 Å². The lowest BCUT2D eigenvalue weighted by molar-refractivity contribution is -0.0636. The number of rotatable bonds is 3. The van der Waals surface area contributed by atoms with Crippen molar-refractivity contribution < 1.29 is 9.47 Å². The Morgan fingerprint density at radius 1 is 1.32 bits per heavy atom. The molecular weight excluding hydrogens is 244 g/mol. The molecule has 0 aromatic carbocycles. The second kappa shape index (κ2) is 5.98. The molecule has 0 amide bonds. The van der Waals surface area contributed by atoms with E-state index in [1.807, 2.05) is 6.92 Å². The summed E-state index contributed by atoms with van der Waals surface area (Å²) in [6, 6.07) is 0. The van der Waals surface area contributed by atoms with Crippen LogP contribution in [0.3, 0.4) is 0 Å². The Balaban J connectivity index is 1.55. The minimum Gasteiger partial charge on any atom is -0.377 e. The predicted octanol–water partition coefficient (Wildman–Crippen LogP) is 1.06. The van der Waals surface area contributed by atoms with Gasteiger partial charge in [-0.25, -0.2) is 4.98 Å². The summed E-state index contributed by atoms with van der Waals surface area (Å²) in [5.74, 6) is 1.61. The molecule has 2 aliphatic rings. The Labute approximate surface area is 113 Å². The van der Waals surface area contributed by atoms with E-state index in [1.54, 1.807) is 0 Å². The van der Waals surface area contributed by atoms with E-state index in [-0.39, 0.29) is 6.10 Å². The van der Waals surface area contributed by atoms with Crippen molar-refractivity contribution >= 4 is 0 Å². The van der Waals surface area contributed by atoms with Crippen molar-refractivity contribution in [1.82, 2.24) is 20.1 Å². The third-order valence-electron chi connectivity index (χ3n) is 3.79. The summed E-state index contributed by atoms with van der Waals surface area (Å²) in [4.78, 5) is 6.78. The average molecular weight is 266 g/mol. The molecule has 6 nitrogen and oxygen atoms in total. The number of nitrogens with one attached hydrogen (secondary N) is 1. The maximum Gasteiger partial charge on any atom is 0.180 e. The second-order valence-corrected chi connectivity index (χ2v) is 5.39. The highest BCUT2D eigenvalue weighted by Crippen LogP contribution is 2.21. The van der Waals surface area contributed by atoms with Gasteiger partial charge in [0.15, 0.2) is 5.82 Å². The number of aryl methyl sites for hydroxylation is 1. The maximum atomic E-state index is 5.81. The van der Waals surface area contributed by atoms with Gasteiger partial charge < -0.3 is 9.47 Å². The molecule has 6 heteroatoms.